The van der Waals surface area contributed by atoms with E-state index in [1.165, 1.54) is 32.7 Å². The topological polar surface area (TPSA) is 43.7 Å². The number of benzene rings is 1. The predicted molar refractivity (Wildman–Crippen MR) is 76.5 cm³/mol. The van der Waals surface area contributed by atoms with E-state index in [2.05, 4.69) is 9.98 Å². The Kier molecular flexibility index (Phi) is 5.15. The molecule has 0 atom stereocenters. The molecule has 8 heteroatoms. The van der Waals surface area contributed by atoms with Crippen molar-refractivity contribution in [3.63, 3.8) is 0 Å². The summed E-state index contributed by atoms with van der Waals surface area (Å²) in [6.45, 7) is 0. The molecule has 0 radical (unpaired) electrons. The quantitative estimate of drug-likeness (QED) is 0.628. The van der Waals surface area contributed by atoms with E-state index < -0.39 is 17.3 Å². The van der Waals surface area contributed by atoms with Crippen molar-refractivity contribution in [2.75, 3.05) is 14.2 Å². The summed E-state index contributed by atoms with van der Waals surface area (Å²) in [5.41, 5.74) is -0.175. The lowest BCUT2D eigenvalue weighted by atomic mass is 10.2. The molecule has 0 bridgehead atoms. The first-order chi connectivity index (χ1) is 10.5. The van der Waals surface area contributed by atoms with Gasteiger partial charge in [0.2, 0.25) is 0 Å². The number of halogens is 4. The van der Waals surface area contributed by atoms with Crippen molar-refractivity contribution in [3.8, 4) is 11.5 Å². The number of pyridine rings is 1. The maximum absolute atomic E-state index is 14.1. The Labute approximate surface area is 135 Å². The van der Waals surface area contributed by atoms with Gasteiger partial charge in [-0.2, -0.15) is 0 Å². The van der Waals surface area contributed by atoms with Crippen LogP contribution in [0, 0.1) is 23.2 Å². The highest BCUT2D eigenvalue weighted by atomic mass is 35.5. The summed E-state index contributed by atoms with van der Waals surface area (Å²) in [6, 6.07) is 2.54. The van der Waals surface area contributed by atoms with Crippen LogP contribution in [0.25, 0.3) is 0 Å². The number of hydrogen-bond acceptors (Lipinski definition) is 4. The molecule has 4 nitrogen and oxygen atoms in total. The van der Waals surface area contributed by atoms with E-state index in [1.807, 2.05) is 0 Å². The lowest BCUT2D eigenvalue weighted by molar-refractivity contribution is -0.296. The van der Waals surface area contributed by atoms with E-state index in [0.717, 1.165) is 6.07 Å². The van der Waals surface area contributed by atoms with Gasteiger partial charge in [-0.15, -0.1) is 0 Å². The van der Waals surface area contributed by atoms with Gasteiger partial charge >= 0.3 is 5.15 Å². The van der Waals surface area contributed by atoms with Crippen LogP contribution in [0.2, 0.25) is 10.2 Å². The second-order valence-electron chi connectivity index (χ2n) is 4.06. The molecule has 22 heavy (non-hydrogen) atoms. The fraction of sp³-hybridized carbons (Fsp3) is 0.143. The van der Waals surface area contributed by atoms with E-state index in [9.17, 15) is 8.78 Å². The number of methoxy groups -OCH3 is 2. The lowest BCUT2D eigenvalue weighted by Gasteiger charge is -2.09. The van der Waals surface area contributed by atoms with Crippen molar-refractivity contribution >= 4 is 23.5 Å². The van der Waals surface area contributed by atoms with Crippen LogP contribution < -0.4 is 9.47 Å². The standard InChI is InChI=1S/C14H11Cl2F2N2O2/c1-21-9-4-10(22-2)13(18)14(12(9)17)20-6-7-5-19-11(16)3-8(7)15/h3-6,16H,1-2H3/q+1. The Morgan fingerprint density at radius 1 is 1.18 bits per heavy atom. The summed E-state index contributed by atoms with van der Waals surface area (Å²) in [4.78, 5) is 7.66. The molecular formula is C14H11Cl2F2N2O2+. The zero-order valence-electron chi connectivity index (χ0n) is 11.6. The Balaban J connectivity index is 2.50. The third-order valence-electron chi connectivity index (χ3n) is 2.74. The molecule has 1 aromatic carbocycles. The highest BCUT2D eigenvalue weighted by molar-refractivity contribution is 6.33. The van der Waals surface area contributed by atoms with Gasteiger partial charge in [0.15, 0.2) is 34.7 Å². The molecule has 0 aliphatic carbocycles. The van der Waals surface area contributed by atoms with Gasteiger partial charge in [0.05, 0.1) is 19.2 Å². The van der Waals surface area contributed by atoms with Gasteiger partial charge in [0, 0.05) is 30.1 Å². The van der Waals surface area contributed by atoms with Crippen LogP contribution >= 0.6 is 11.6 Å². The van der Waals surface area contributed by atoms with Gasteiger partial charge < -0.3 is 9.47 Å². The first kappa shape index (κ1) is 16.5. The zero-order valence-corrected chi connectivity index (χ0v) is 13.1. The van der Waals surface area contributed by atoms with Gasteiger partial charge in [-0.1, -0.05) is 11.6 Å². The van der Waals surface area contributed by atoms with Gasteiger partial charge in [0.25, 0.3) is 0 Å². The first-order valence-electron chi connectivity index (χ1n) is 5.94. The van der Waals surface area contributed by atoms with Gasteiger partial charge in [0.1, 0.15) is 5.69 Å². The van der Waals surface area contributed by atoms with Crippen molar-refractivity contribution in [1.82, 2.24) is 4.98 Å². The third kappa shape index (κ3) is 3.28. The molecule has 1 heterocycles. The van der Waals surface area contributed by atoms with Crippen LogP contribution in [0.15, 0.2) is 23.3 Å². The molecule has 0 aliphatic heterocycles. The monoisotopic (exact) mass is 347 g/mol. The third-order valence-corrected chi connectivity index (χ3v) is 3.29. The van der Waals surface area contributed by atoms with E-state index in [1.54, 1.807) is 0 Å². The Morgan fingerprint density at radius 3 is 2.27 bits per heavy atom. The number of rotatable bonds is 4. The summed E-state index contributed by atoms with van der Waals surface area (Å²) in [6.07, 6.45) is 2.55. The number of aliphatic imine (C=N–C) groups is 1. The average molecular weight is 348 g/mol. The lowest BCUT2D eigenvalue weighted by Crippen LogP contribution is -1.96. The maximum Gasteiger partial charge on any atom is 0.319 e. The minimum atomic E-state index is -0.943. The molecule has 0 unspecified atom stereocenters. The maximum atomic E-state index is 14.1. The smallest absolute Gasteiger partial charge is 0.319 e. The van der Waals surface area contributed by atoms with Crippen molar-refractivity contribution in [3.05, 3.63) is 45.7 Å². The molecule has 0 spiro atoms. The molecular weight excluding hydrogens is 337 g/mol. The summed E-state index contributed by atoms with van der Waals surface area (Å²) in [5, 5.41) is 0.585. The van der Waals surface area contributed by atoms with Crippen LogP contribution in [-0.4, -0.2) is 25.4 Å². The van der Waals surface area contributed by atoms with E-state index in [-0.39, 0.29) is 16.5 Å². The highest BCUT2D eigenvalue weighted by Gasteiger charge is 2.19. The number of nitrogens with zero attached hydrogens (tertiary/aromatic N) is 2. The summed E-state index contributed by atoms with van der Waals surface area (Å²) in [5.74, 6) is -2.26. The van der Waals surface area contributed by atoms with E-state index in [4.69, 9.17) is 32.7 Å². The predicted octanol–water partition coefficient (Wildman–Crippen LogP) is 3.48. The molecule has 116 valence electrons. The number of aromatic nitrogens is 1. The van der Waals surface area contributed by atoms with Crippen LogP contribution in [-0.2, 0) is 0 Å². The van der Waals surface area contributed by atoms with Crippen molar-refractivity contribution in [2.45, 2.75) is 0 Å². The minimum Gasteiger partial charge on any atom is -0.493 e. The highest BCUT2D eigenvalue weighted by Crippen LogP contribution is 2.36. The largest absolute Gasteiger partial charge is 0.493 e. The van der Waals surface area contributed by atoms with Crippen molar-refractivity contribution in [2.24, 2.45) is 4.99 Å². The molecule has 2 aromatic rings. The fourth-order valence-corrected chi connectivity index (χ4v) is 2.08. The Hall–Kier alpha value is -1.92. The fourth-order valence-electron chi connectivity index (χ4n) is 1.64. The molecule has 0 amide bonds. The molecule has 0 saturated carbocycles. The molecule has 0 aliphatic rings. The normalized spacial score (nSPS) is 11.0. The Bertz CT molecular complexity index is 711. The van der Waals surface area contributed by atoms with Crippen LogP contribution in [0.5, 0.6) is 11.5 Å². The average Bonchev–Trinajstić information content (AvgIpc) is 2.49. The summed E-state index contributed by atoms with van der Waals surface area (Å²) < 4.78 is 37.9. The summed E-state index contributed by atoms with van der Waals surface area (Å²) >= 11 is 10.8. The molecule has 0 N–H and O–H groups in total. The molecule has 2 rings (SSSR count). The van der Waals surface area contributed by atoms with Crippen molar-refractivity contribution < 1.29 is 29.9 Å². The number of ether oxygens (including phenoxy) is 2. The minimum absolute atomic E-state index is 0.185. The SMILES string of the molecule is COc1cc(OC)c(F)c(N=Cc2cnc([ClH+])cc2Cl)c1F. The first-order valence-corrected chi connectivity index (χ1v) is 6.73. The van der Waals surface area contributed by atoms with Crippen LogP contribution in [0.1, 0.15) is 5.56 Å². The summed E-state index contributed by atoms with van der Waals surface area (Å²) in [7, 11) is 2.51. The second-order valence-corrected chi connectivity index (χ2v) is 4.89. The van der Waals surface area contributed by atoms with Gasteiger partial charge in [-0.05, 0) is 0 Å². The molecule has 1 aromatic heterocycles. The zero-order chi connectivity index (χ0) is 16.3. The van der Waals surface area contributed by atoms with Crippen molar-refractivity contribution in [1.29, 1.82) is 0 Å². The Morgan fingerprint density at radius 2 is 1.77 bits per heavy atom. The molecule has 0 saturated heterocycles. The van der Waals surface area contributed by atoms with Crippen LogP contribution in [0.4, 0.5) is 14.5 Å². The molecule has 0 fully saturated rings. The van der Waals surface area contributed by atoms with Gasteiger partial charge in [-0.25, -0.2) is 18.8 Å². The van der Waals surface area contributed by atoms with E-state index in [0.29, 0.717) is 10.7 Å². The second kappa shape index (κ2) is 6.89. The van der Waals surface area contributed by atoms with Crippen LogP contribution in [0.3, 0.4) is 0 Å². The number of hydrogen-bond donors (Lipinski definition) is 0. The van der Waals surface area contributed by atoms with Gasteiger partial charge in [-0.3, -0.25) is 0 Å². The van der Waals surface area contributed by atoms with E-state index >= 15 is 0 Å².